The molecule has 0 aromatic heterocycles. The van der Waals surface area contributed by atoms with Gasteiger partial charge in [0.1, 0.15) is 5.60 Å². The maximum absolute atomic E-state index is 13.2. The van der Waals surface area contributed by atoms with Crippen molar-refractivity contribution in [2.24, 2.45) is 10.8 Å². The minimum absolute atomic E-state index is 0.0921. The molecule has 75 heavy (non-hydrogen) atoms. The van der Waals surface area contributed by atoms with Crippen LogP contribution in [0.3, 0.4) is 0 Å². The Bertz CT molecular complexity index is 1280. The van der Waals surface area contributed by atoms with Crippen molar-refractivity contribution in [3.05, 3.63) is 12.2 Å². The summed E-state index contributed by atoms with van der Waals surface area (Å²) in [6, 6.07) is 0. The summed E-state index contributed by atoms with van der Waals surface area (Å²) in [7, 11) is -4.19. The van der Waals surface area contributed by atoms with Gasteiger partial charge in [-0.1, -0.05) is 357 Å². The van der Waals surface area contributed by atoms with E-state index in [1.807, 2.05) is 0 Å². The molecule has 1 aliphatic heterocycles. The molecule has 0 aliphatic carbocycles. The van der Waals surface area contributed by atoms with Crippen molar-refractivity contribution in [3.63, 3.8) is 0 Å². The topological polar surface area (TPSA) is 61.8 Å². The second-order valence-electron chi connectivity index (χ2n) is 24.9. The molecular formula is C69H136O5S. The van der Waals surface area contributed by atoms with Gasteiger partial charge in [0.15, 0.2) is 6.26 Å². The summed E-state index contributed by atoms with van der Waals surface area (Å²) in [5, 5.41) is 0. The van der Waals surface area contributed by atoms with Gasteiger partial charge >= 0.3 is 16.3 Å². The second kappa shape index (κ2) is 50.1. The van der Waals surface area contributed by atoms with Gasteiger partial charge in [0.2, 0.25) is 0 Å². The minimum Gasteiger partial charge on any atom is -0.455 e. The van der Waals surface area contributed by atoms with Gasteiger partial charge in [-0.3, -0.25) is 0 Å². The summed E-state index contributed by atoms with van der Waals surface area (Å²) in [5.41, 5.74) is -0.585. The summed E-state index contributed by atoms with van der Waals surface area (Å²) in [6.07, 6.45) is 75.1. The largest absolute Gasteiger partial charge is 0.503 e. The molecule has 1 aliphatic rings. The lowest BCUT2D eigenvalue weighted by Crippen LogP contribution is -2.60. The molecule has 0 aromatic carbocycles. The fourth-order valence-corrected chi connectivity index (χ4v) is 14.4. The molecule has 448 valence electrons. The highest BCUT2D eigenvalue weighted by atomic mass is 32.3. The van der Waals surface area contributed by atoms with Gasteiger partial charge in [-0.2, -0.15) is 0 Å². The summed E-state index contributed by atoms with van der Waals surface area (Å²) in [4.78, 5) is 0. The van der Waals surface area contributed by atoms with E-state index in [0.29, 0.717) is 0 Å². The Morgan fingerprint density at radius 3 is 0.787 bits per heavy atom. The van der Waals surface area contributed by atoms with Gasteiger partial charge in [0.05, 0.1) is 0 Å². The summed E-state index contributed by atoms with van der Waals surface area (Å²) in [5.74, 6) is 0.119. The molecule has 0 N–H and O–H groups in total. The molecule has 5 nitrogen and oxygen atoms in total. The average Bonchev–Trinajstić information content (AvgIpc) is 3.76. The van der Waals surface area contributed by atoms with Crippen molar-refractivity contribution in [2.75, 3.05) is 0 Å². The van der Waals surface area contributed by atoms with Gasteiger partial charge in [0, 0.05) is 5.41 Å². The summed E-state index contributed by atoms with van der Waals surface area (Å²) >= 11 is 0. The third-order valence-corrected chi connectivity index (χ3v) is 19.1. The van der Waals surface area contributed by atoms with Crippen molar-refractivity contribution < 1.29 is 21.5 Å². The van der Waals surface area contributed by atoms with Crippen LogP contribution in [0.4, 0.5) is 0 Å². The second-order valence-corrected chi connectivity index (χ2v) is 26.1. The molecule has 0 saturated carbocycles. The molecule has 6 heteroatoms. The van der Waals surface area contributed by atoms with E-state index in [1.54, 1.807) is 0 Å². The predicted molar refractivity (Wildman–Crippen MR) is 331 cm³/mol. The maximum Gasteiger partial charge on any atom is 0.503 e. The first kappa shape index (κ1) is 72.1. The Labute approximate surface area is 472 Å². The number of hydrogen-bond acceptors (Lipinski definition) is 5. The first-order valence-electron chi connectivity index (χ1n) is 34.7. The number of rotatable bonds is 61. The molecule has 0 fully saturated rings. The number of hydrogen-bond donors (Lipinski definition) is 0. The lowest BCUT2D eigenvalue weighted by atomic mass is 9.45. The molecular weight excluding hydrogens is 941 g/mol. The fourth-order valence-electron chi connectivity index (χ4n) is 13.9. The van der Waals surface area contributed by atoms with Crippen LogP contribution >= 0.6 is 0 Å². The van der Waals surface area contributed by atoms with E-state index in [1.165, 1.54) is 347 Å². The van der Waals surface area contributed by atoms with Gasteiger partial charge in [-0.25, -0.2) is 0 Å². The van der Waals surface area contributed by atoms with Gasteiger partial charge in [0.25, 0.3) is 0 Å². The first-order chi connectivity index (χ1) is 36.7. The Kier molecular flexibility index (Phi) is 48.1. The molecule has 1 rings (SSSR count). The van der Waals surface area contributed by atoms with Crippen LogP contribution in [0.2, 0.25) is 0 Å². The monoisotopic (exact) mass is 1080 g/mol. The predicted octanol–water partition coefficient (Wildman–Crippen LogP) is 25.2. The normalized spacial score (nSPS) is 13.9. The summed E-state index contributed by atoms with van der Waals surface area (Å²) < 4.78 is 45.4. The Morgan fingerprint density at radius 1 is 0.307 bits per heavy atom. The molecule has 1 heterocycles. The first-order valence-corrected chi connectivity index (χ1v) is 36.1. The number of ether oxygens (including phenoxy) is 1. The van der Waals surface area contributed by atoms with Crippen molar-refractivity contribution in [3.8, 4) is 0 Å². The lowest BCUT2D eigenvalue weighted by molar-refractivity contribution is -0.210. The third-order valence-electron chi connectivity index (χ3n) is 18.4. The minimum atomic E-state index is -4.19. The van der Waals surface area contributed by atoms with Crippen LogP contribution < -0.4 is 0 Å². The smallest absolute Gasteiger partial charge is 0.455 e. The van der Waals surface area contributed by atoms with E-state index in [4.69, 9.17) is 13.1 Å². The van der Waals surface area contributed by atoms with Crippen LogP contribution in [0.15, 0.2) is 12.2 Å². The molecule has 0 bridgehead atoms. The Hall–Kier alpha value is -0.910. The van der Waals surface area contributed by atoms with Gasteiger partial charge < -0.3 is 13.1 Å². The van der Waals surface area contributed by atoms with Crippen LogP contribution in [0, 0.1) is 10.8 Å². The van der Waals surface area contributed by atoms with E-state index in [2.05, 4.69) is 48.5 Å². The fraction of sp³-hybridized carbons (Fsp3) is 0.971. The average molecular weight is 1080 g/mol. The molecule has 0 saturated heterocycles. The molecule has 0 atom stereocenters. The van der Waals surface area contributed by atoms with Crippen LogP contribution in [-0.4, -0.2) is 14.0 Å². The zero-order valence-corrected chi connectivity index (χ0v) is 53.1. The maximum atomic E-state index is 13.2. The van der Waals surface area contributed by atoms with E-state index < -0.39 is 16.0 Å². The zero-order chi connectivity index (χ0) is 54.7. The zero-order valence-electron chi connectivity index (χ0n) is 52.3. The molecule has 0 amide bonds. The van der Waals surface area contributed by atoms with E-state index in [9.17, 15) is 8.42 Å². The van der Waals surface area contributed by atoms with Crippen LogP contribution in [-0.2, 0) is 23.5 Å². The van der Waals surface area contributed by atoms with Crippen molar-refractivity contribution in [1.82, 2.24) is 0 Å². The van der Waals surface area contributed by atoms with Gasteiger partial charge in [-0.05, 0) is 63.2 Å². The molecule has 0 spiro atoms. The highest BCUT2D eigenvalue weighted by Crippen LogP contribution is 2.65. The quantitative estimate of drug-likeness (QED) is 0.0568. The van der Waals surface area contributed by atoms with Crippen LogP contribution in [0.5, 0.6) is 0 Å². The van der Waals surface area contributed by atoms with E-state index in [0.717, 1.165) is 25.7 Å². The van der Waals surface area contributed by atoms with Crippen molar-refractivity contribution in [2.45, 2.75) is 420 Å². The SMILES string of the molecule is CCCCCCCCCCC(CCCC)(CCCCCCCCCC)C(CCCCCCCCCC)(CCCCCCCCCC)C(CCCCCCCCCC)(CCCCCCCCCC)OC1=COS(=O)(=O)O1. The number of unbranched alkanes of at least 4 members (excludes halogenated alkanes) is 43. The third kappa shape index (κ3) is 34.1. The van der Waals surface area contributed by atoms with E-state index >= 15 is 0 Å². The van der Waals surface area contributed by atoms with Crippen molar-refractivity contribution in [1.29, 1.82) is 0 Å². The standard InChI is InChI=1S/C69H136O5S/c1-8-15-22-28-34-40-46-52-59-67(58-21-14-7,60-53-47-41-35-29-23-16-9-2)68(61-54-48-42-36-30-24-17-10-3,62-55-49-43-37-31-25-18-11-4)69(73-66-65-72-75(70,71)74-66,63-56-50-44-38-32-26-19-12-5)64-57-51-45-39-33-27-20-13-6/h65H,8-64H2,1-7H3. The molecule has 0 radical (unpaired) electrons. The Morgan fingerprint density at radius 2 is 0.533 bits per heavy atom. The highest BCUT2D eigenvalue weighted by molar-refractivity contribution is 7.82. The van der Waals surface area contributed by atoms with E-state index in [-0.39, 0.29) is 16.8 Å². The van der Waals surface area contributed by atoms with Gasteiger partial charge in [-0.15, -0.1) is 8.42 Å². The highest BCUT2D eigenvalue weighted by Gasteiger charge is 2.62. The molecule has 0 unspecified atom stereocenters. The van der Waals surface area contributed by atoms with Crippen LogP contribution in [0.1, 0.15) is 414 Å². The molecule has 0 aromatic rings. The van der Waals surface area contributed by atoms with Crippen LogP contribution in [0.25, 0.3) is 0 Å². The lowest BCUT2D eigenvalue weighted by Gasteiger charge is -2.62. The Balaban J connectivity index is 4.27. The summed E-state index contributed by atoms with van der Waals surface area (Å²) in [6.45, 7) is 16.4. The van der Waals surface area contributed by atoms with Crippen molar-refractivity contribution >= 4 is 10.4 Å².